The van der Waals surface area contributed by atoms with Crippen LogP contribution < -0.4 is 21.5 Å². The van der Waals surface area contributed by atoms with Gasteiger partial charge >= 0.3 is 0 Å². The van der Waals surface area contributed by atoms with Crippen LogP contribution in [0.3, 0.4) is 0 Å². The van der Waals surface area contributed by atoms with Crippen molar-refractivity contribution in [3.63, 3.8) is 0 Å². The molecule has 0 amide bonds. The summed E-state index contributed by atoms with van der Waals surface area (Å²) in [5, 5.41) is 7.64. The predicted octanol–water partition coefficient (Wildman–Crippen LogP) is 3.79. The average molecular weight is 365 g/mol. The number of rotatable bonds is 2. The normalized spacial score (nSPS) is 23.2. The maximum absolute atomic E-state index is 5.38. The van der Waals surface area contributed by atoms with E-state index < -0.39 is 0 Å². The quantitative estimate of drug-likeness (QED) is 0.473. The molecule has 1 aromatic carbocycles. The van der Waals surface area contributed by atoms with E-state index in [4.69, 9.17) is 24.4 Å². The van der Waals surface area contributed by atoms with Gasteiger partial charge in [0.1, 0.15) is 0 Å². The highest BCUT2D eigenvalue weighted by atomic mass is 32.1. The third kappa shape index (κ3) is 5.31. The summed E-state index contributed by atoms with van der Waals surface area (Å²) in [6, 6.07) is 6.59. The summed E-state index contributed by atoms with van der Waals surface area (Å²) >= 11 is 10.7. The van der Waals surface area contributed by atoms with E-state index in [9.17, 15) is 0 Å². The molecule has 2 rings (SSSR count). The summed E-state index contributed by atoms with van der Waals surface area (Å²) in [4.78, 5) is 0. The van der Waals surface area contributed by atoms with Gasteiger partial charge in [0.2, 0.25) is 0 Å². The fraction of sp³-hybridized carbons (Fsp3) is 0.556. The lowest BCUT2D eigenvalue weighted by Gasteiger charge is -2.35. The van der Waals surface area contributed by atoms with Crippen molar-refractivity contribution in [1.82, 2.24) is 16.2 Å². The van der Waals surface area contributed by atoms with Crippen LogP contribution in [0.25, 0.3) is 0 Å². The van der Waals surface area contributed by atoms with Crippen LogP contribution in [0.2, 0.25) is 0 Å². The highest BCUT2D eigenvalue weighted by Crippen LogP contribution is 2.29. The molecule has 132 valence electrons. The zero-order valence-corrected chi connectivity index (χ0v) is 16.5. The number of benzene rings is 1. The largest absolute Gasteiger partial charge is 0.358 e. The van der Waals surface area contributed by atoms with E-state index in [1.54, 1.807) is 0 Å². The Morgan fingerprint density at radius 2 is 1.71 bits per heavy atom. The zero-order chi connectivity index (χ0) is 17.7. The summed E-state index contributed by atoms with van der Waals surface area (Å²) < 4.78 is 0. The number of anilines is 1. The number of nitrogens with one attached hydrogen (secondary N) is 4. The molecule has 4 nitrogen and oxygen atoms in total. The third-order valence-electron chi connectivity index (χ3n) is 5.08. The highest BCUT2D eigenvalue weighted by molar-refractivity contribution is 7.80. The molecule has 1 aliphatic carbocycles. The molecule has 6 heteroatoms. The Hall–Kier alpha value is -1.40. The second-order valence-corrected chi connectivity index (χ2v) is 7.67. The minimum atomic E-state index is 0.428. The second-order valence-electron chi connectivity index (χ2n) is 6.85. The Morgan fingerprint density at radius 1 is 1.00 bits per heavy atom. The maximum atomic E-state index is 5.38. The topological polar surface area (TPSA) is 48.1 Å². The molecule has 1 fully saturated rings. The van der Waals surface area contributed by atoms with Gasteiger partial charge in [0, 0.05) is 11.7 Å². The molecule has 3 atom stereocenters. The van der Waals surface area contributed by atoms with Crippen molar-refractivity contribution >= 4 is 40.3 Å². The summed E-state index contributed by atoms with van der Waals surface area (Å²) in [6.45, 7) is 8.79. The van der Waals surface area contributed by atoms with E-state index in [-0.39, 0.29) is 0 Å². The van der Waals surface area contributed by atoms with E-state index in [0.717, 1.165) is 11.6 Å². The maximum Gasteiger partial charge on any atom is 0.189 e. The molecule has 4 N–H and O–H groups in total. The lowest BCUT2D eigenvalue weighted by molar-refractivity contribution is 0.224. The summed E-state index contributed by atoms with van der Waals surface area (Å²) in [5.41, 5.74) is 9.38. The Labute approximate surface area is 156 Å². The van der Waals surface area contributed by atoms with Crippen LogP contribution in [-0.4, -0.2) is 16.3 Å². The van der Waals surface area contributed by atoms with Gasteiger partial charge in [0.15, 0.2) is 10.2 Å². The average Bonchev–Trinajstić information content (AvgIpc) is 2.53. The Bertz CT molecular complexity index is 603. The molecule has 0 spiro atoms. The first-order chi connectivity index (χ1) is 11.4. The Balaban J connectivity index is 1.76. The minimum Gasteiger partial charge on any atom is -0.358 e. The van der Waals surface area contributed by atoms with Crippen LogP contribution >= 0.6 is 24.4 Å². The van der Waals surface area contributed by atoms with Crippen LogP contribution in [0.1, 0.15) is 44.2 Å². The molecular formula is C18H28N4S2. The SMILES string of the molecule is Cc1ccc(NC(=S)NNC(=S)N[C@@H]2CCC[C@H](C)[C@@H]2C)cc1C. The van der Waals surface area contributed by atoms with Crippen LogP contribution in [0.4, 0.5) is 5.69 Å². The van der Waals surface area contributed by atoms with Crippen LogP contribution in [0, 0.1) is 25.7 Å². The monoisotopic (exact) mass is 364 g/mol. The standard InChI is InChI=1S/C18H28N4S2/c1-11-8-9-15(10-13(11)3)19-17(23)21-22-18(24)20-16-7-5-6-12(2)14(16)4/h8-10,12,14,16H,5-7H2,1-4H3,(H2,19,21,23)(H2,20,22,24)/t12-,14-,16+/m0/s1. The van der Waals surface area contributed by atoms with E-state index >= 15 is 0 Å². The smallest absolute Gasteiger partial charge is 0.189 e. The molecule has 0 aliphatic heterocycles. The van der Waals surface area contributed by atoms with Crippen LogP contribution in [0.5, 0.6) is 0 Å². The predicted molar refractivity (Wildman–Crippen MR) is 110 cm³/mol. The van der Waals surface area contributed by atoms with Crippen molar-refractivity contribution in [3.05, 3.63) is 29.3 Å². The van der Waals surface area contributed by atoms with Gasteiger partial charge in [-0.05, 0) is 79.8 Å². The molecule has 0 radical (unpaired) electrons. The lowest BCUT2D eigenvalue weighted by atomic mass is 9.78. The van der Waals surface area contributed by atoms with E-state index in [2.05, 4.69) is 61.3 Å². The zero-order valence-electron chi connectivity index (χ0n) is 14.9. The Kier molecular flexibility index (Phi) is 6.80. The first-order valence-corrected chi connectivity index (χ1v) is 9.39. The number of aryl methyl sites for hydroxylation is 2. The molecule has 1 aromatic rings. The van der Waals surface area contributed by atoms with E-state index in [1.807, 2.05) is 6.07 Å². The first-order valence-electron chi connectivity index (χ1n) is 8.57. The first kappa shape index (κ1) is 18.9. The van der Waals surface area contributed by atoms with Gasteiger partial charge in [0.05, 0.1) is 0 Å². The highest BCUT2D eigenvalue weighted by Gasteiger charge is 2.27. The molecular weight excluding hydrogens is 336 g/mol. The fourth-order valence-electron chi connectivity index (χ4n) is 3.09. The summed E-state index contributed by atoms with van der Waals surface area (Å²) in [6.07, 6.45) is 3.73. The minimum absolute atomic E-state index is 0.428. The van der Waals surface area contributed by atoms with Gasteiger partial charge in [0.25, 0.3) is 0 Å². The number of hydrogen-bond donors (Lipinski definition) is 4. The van der Waals surface area contributed by atoms with Gasteiger partial charge in [-0.2, -0.15) is 0 Å². The van der Waals surface area contributed by atoms with Crippen molar-refractivity contribution < 1.29 is 0 Å². The van der Waals surface area contributed by atoms with Crippen molar-refractivity contribution in [3.8, 4) is 0 Å². The molecule has 24 heavy (non-hydrogen) atoms. The summed E-state index contributed by atoms with van der Waals surface area (Å²) in [5.74, 6) is 1.36. The van der Waals surface area contributed by atoms with Crippen molar-refractivity contribution in [2.45, 2.75) is 53.0 Å². The number of hydrazine groups is 1. The van der Waals surface area contributed by atoms with Crippen molar-refractivity contribution in [2.24, 2.45) is 11.8 Å². The third-order valence-corrected chi connectivity index (χ3v) is 5.50. The fourth-order valence-corrected chi connectivity index (χ4v) is 3.46. The van der Waals surface area contributed by atoms with Crippen molar-refractivity contribution in [2.75, 3.05) is 5.32 Å². The molecule has 0 heterocycles. The van der Waals surface area contributed by atoms with Gasteiger partial charge in [-0.1, -0.05) is 32.8 Å². The summed E-state index contributed by atoms with van der Waals surface area (Å²) in [7, 11) is 0. The van der Waals surface area contributed by atoms with Gasteiger partial charge in [-0.15, -0.1) is 0 Å². The van der Waals surface area contributed by atoms with Gasteiger partial charge in [-0.3, -0.25) is 10.9 Å². The van der Waals surface area contributed by atoms with E-state index in [0.29, 0.717) is 22.2 Å². The lowest BCUT2D eigenvalue weighted by Crippen LogP contribution is -2.53. The molecule has 0 aromatic heterocycles. The molecule has 0 saturated heterocycles. The molecule has 0 unspecified atom stereocenters. The van der Waals surface area contributed by atoms with Crippen LogP contribution in [0.15, 0.2) is 18.2 Å². The number of hydrogen-bond acceptors (Lipinski definition) is 2. The molecule has 1 saturated carbocycles. The van der Waals surface area contributed by atoms with Gasteiger partial charge < -0.3 is 10.6 Å². The number of thiocarbonyl (C=S) groups is 2. The van der Waals surface area contributed by atoms with E-state index in [1.165, 1.54) is 30.4 Å². The molecule has 1 aliphatic rings. The van der Waals surface area contributed by atoms with Gasteiger partial charge in [-0.25, -0.2) is 0 Å². The molecule has 0 bridgehead atoms. The Morgan fingerprint density at radius 3 is 2.42 bits per heavy atom. The van der Waals surface area contributed by atoms with Crippen LogP contribution in [-0.2, 0) is 0 Å². The van der Waals surface area contributed by atoms with Crippen molar-refractivity contribution in [1.29, 1.82) is 0 Å². The second kappa shape index (κ2) is 8.62.